The Morgan fingerprint density at radius 3 is 1.54 bits per heavy atom. The van der Waals surface area contributed by atoms with Crippen molar-refractivity contribution in [1.29, 1.82) is 0 Å². The topological polar surface area (TPSA) is 195 Å². The van der Waals surface area contributed by atoms with Crippen LogP contribution in [0.2, 0.25) is 10.2 Å². The summed E-state index contributed by atoms with van der Waals surface area (Å²) >= 11 is 18.3. The van der Waals surface area contributed by atoms with Gasteiger partial charge in [-0.2, -0.15) is 45.0 Å². The molecule has 2 amide bonds. The van der Waals surface area contributed by atoms with E-state index in [1.165, 1.54) is 68.7 Å². The van der Waals surface area contributed by atoms with Crippen LogP contribution in [0.3, 0.4) is 0 Å². The molecule has 0 radical (unpaired) electrons. The third-order valence-corrected chi connectivity index (χ3v) is 15.2. The Hall–Kier alpha value is -7.02. The molecule has 14 nitrogen and oxygen atoms in total. The van der Waals surface area contributed by atoms with Crippen LogP contribution in [0, 0.1) is 27.7 Å². The largest absolute Gasteiger partial charge is 0.422 e. The number of aryl methyl sites for hydroxylation is 4. The predicted molar refractivity (Wildman–Crippen MR) is 312 cm³/mol. The van der Waals surface area contributed by atoms with Crippen LogP contribution in [0.4, 0.5) is 37.7 Å². The summed E-state index contributed by atoms with van der Waals surface area (Å²) in [5.74, 6) is -1.51. The summed E-state index contributed by atoms with van der Waals surface area (Å²) in [4.78, 5) is 55.3. The Labute approximate surface area is 500 Å². The van der Waals surface area contributed by atoms with Crippen molar-refractivity contribution in [2.24, 2.45) is 0 Å². The Kier molecular flexibility index (Phi) is 21.0. The number of rotatable bonds is 15. The summed E-state index contributed by atoms with van der Waals surface area (Å²) in [6.07, 6.45) is -4.87. The number of amides is 2. The number of Topliss-reactive ketones (excluding diaryl/α,β-unsaturated/α-hetero) is 2. The van der Waals surface area contributed by atoms with Crippen molar-refractivity contribution in [3.05, 3.63) is 226 Å². The molecule has 3 heterocycles. The molecule has 3 aromatic heterocycles. The minimum atomic E-state index is -5.03. The van der Waals surface area contributed by atoms with E-state index in [0.29, 0.717) is 78.7 Å². The number of pyridine rings is 1. The molecule has 0 bridgehead atoms. The molecule has 436 valence electrons. The number of carbonyl (C=O) groups excluding carboxylic acids is 4. The molecule has 8 aromatic rings. The highest BCUT2D eigenvalue weighted by atomic mass is 79.9. The molecule has 5 aromatic carbocycles. The molecular weight excluding hydrogens is 1280 g/mol. The fourth-order valence-corrected chi connectivity index (χ4v) is 10.3. The maximum Gasteiger partial charge on any atom is 0.422 e. The van der Waals surface area contributed by atoms with E-state index < -0.39 is 51.0 Å². The Bertz CT molecular complexity index is 3780. The minimum absolute atomic E-state index is 0.0149. The number of nitrogens with zero attached hydrogens (tertiary/aromatic N) is 4. The highest BCUT2D eigenvalue weighted by molar-refractivity contribution is 9.10. The Morgan fingerprint density at radius 1 is 0.639 bits per heavy atom. The molecule has 0 fully saturated rings. The molecule has 0 saturated heterocycles. The van der Waals surface area contributed by atoms with Gasteiger partial charge in [0.2, 0.25) is 5.60 Å². The number of anilines is 2. The molecule has 2 atom stereocenters. The molecule has 0 aliphatic carbocycles. The highest BCUT2D eigenvalue weighted by Gasteiger charge is 2.57. The number of hydrogen-bond donors (Lipinski definition) is 3. The fourth-order valence-electron chi connectivity index (χ4n) is 8.54. The van der Waals surface area contributed by atoms with Gasteiger partial charge in [0.25, 0.3) is 21.9 Å². The number of aromatic amines is 1. The van der Waals surface area contributed by atoms with Crippen molar-refractivity contribution in [3.63, 3.8) is 0 Å². The summed E-state index contributed by atoms with van der Waals surface area (Å²) in [6.45, 7) is 8.17. The van der Waals surface area contributed by atoms with Crippen molar-refractivity contribution < 1.29 is 58.1 Å². The molecular formula is C58H51Br2Cl2F6N7O7S. The van der Waals surface area contributed by atoms with Gasteiger partial charge in [-0.1, -0.05) is 83.9 Å². The third kappa shape index (κ3) is 16.2. The molecule has 83 heavy (non-hydrogen) atoms. The zero-order valence-electron chi connectivity index (χ0n) is 45.0. The van der Waals surface area contributed by atoms with E-state index in [1.54, 1.807) is 92.8 Å². The first kappa shape index (κ1) is 65.1. The van der Waals surface area contributed by atoms with Gasteiger partial charge >= 0.3 is 12.4 Å². The highest BCUT2D eigenvalue weighted by Crippen LogP contribution is 2.45. The van der Waals surface area contributed by atoms with Gasteiger partial charge in [0.1, 0.15) is 14.4 Å². The number of alkyl halides is 6. The summed E-state index contributed by atoms with van der Waals surface area (Å²) in [7, 11) is -4.45. The van der Waals surface area contributed by atoms with Crippen LogP contribution < -0.4 is 10.6 Å². The van der Waals surface area contributed by atoms with Crippen molar-refractivity contribution in [1.82, 2.24) is 25.0 Å². The number of benzene rings is 5. The van der Waals surface area contributed by atoms with Crippen LogP contribution in [0.1, 0.15) is 99.8 Å². The maximum absolute atomic E-state index is 14.4. The van der Waals surface area contributed by atoms with Crippen LogP contribution in [-0.4, -0.2) is 75.4 Å². The number of H-pyrrole nitrogens is 1. The molecule has 2 unspecified atom stereocenters. The van der Waals surface area contributed by atoms with E-state index in [2.05, 4.69) is 67.0 Å². The van der Waals surface area contributed by atoms with Crippen LogP contribution >= 0.6 is 55.1 Å². The molecule has 0 spiro atoms. The first-order valence-corrected chi connectivity index (χ1v) is 28.7. The van der Waals surface area contributed by atoms with E-state index in [0.717, 1.165) is 16.2 Å². The van der Waals surface area contributed by atoms with Crippen molar-refractivity contribution in [3.8, 4) is 0 Å². The SMILES string of the molecule is Brc1ccn[nH]1.Cc1cc(C(C)(OS(C)(=O)=O)C(F)(F)F)cc(C)c1CC(=O)c1cccc(NC(=O)c2cccnc2Cl)c1.Cc1cc(C(C)(n2ccc(Br)n2)C(F)(F)F)cc(C)c1CC(=O)c1cccc(NC(=O)c2ccccc2Cl)c1. The molecule has 0 aliphatic heterocycles. The molecule has 0 saturated carbocycles. The van der Waals surface area contributed by atoms with Gasteiger partial charge in [0.15, 0.2) is 17.1 Å². The van der Waals surface area contributed by atoms with Crippen LogP contribution in [0.15, 0.2) is 149 Å². The maximum atomic E-state index is 14.4. The van der Waals surface area contributed by atoms with Crippen molar-refractivity contribution in [2.45, 2.75) is 77.9 Å². The summed E-state index contributed by atoms with van der Waals surface area (Å²) in [6, 6.07) is 30.9. The fraction of sp³-hybridized carbons (Fsp3) is 0.224. The van der Waals surface area contributed by atoms with Gasteiger partial charge in [-0.05, 0) is 179 Å². The quantitative estimate of drug-likeness (QED) is 0.0385. The average molecular weight is 1330 g/mol. The van der Waals surface area contributed by atoms with Crippen molar-refractivity contribution in [2.75, 3.05) is 16.9 Å². The summed E-state index contributed by atoms with van der Waals surface area (Å²) in [5, 5.41) is 16.0. The van der Waals surface area contributed by atoms with E-state index in [1.807, 2.05) is 6.07 Å². The average Bonchev–Trinajstić information content (AvgIpc) is 2.48. The van der Waals surface area contributed by atoms with Crippen LogP contribution in [0.25, 0.3) is 0 Å². The number of halogens is 10. The van der Waals surface area contributed by atoms with E-state index in [-0.39, 0.29) is 46.3 Å². The van der Waals surface area contributed by atoms with Gasteiger partial charge in [0, 0.05) is 53.9 Å². The summed E-state index contributed by atoms with van der Waals surface area (Å²) in [5.41, 5.74) is -1.11. The number of nitrogens with one attached hydrogen (secondary N) is 3. The smallest absolute Gasteiger partial charge is 0.322 e. The lowest BCUT2D eigenvalue weighted by atomic mass is 9.85. The van der Waals surface area contributed by atoms with E-state index in [4.69, 9.17) is 23.2 Å². The second kappa shape index (κ2) is 26.7. The van der Waals surface area contributed by atoms with Gasteiger partial charge in [-0.25, -0.2) is 9.17 Å². The van der Waals surface area contributed by atoms with Gasteiger partial charge in [-0.15, -0.1) is 0 Å². The Balaban J connectivity index is 0.000000242. The minimum Gasteiger partial charge on any atom is -0.322 e. The number of carbonyl (C=O) groups is 4. The second-order valence-electron chi connectivity index (χ2n) is 19.1. The first-order chi connectivity index (χ1) is 38.7. The monoisotopic (exact) mass is 1330 g/mol. The number of hydrogen-bond acceptors (Lipinski definition) is 10. The van der Waals surface area contributed by atoms with Gasteiger partial charge < -0.3 is 10.6 Å². The lowest BCUT2D eigenvalue weighted by Crippen LogP contribution is -2.46. The zero-order chi connectivity index (χ0) is 61.4. The molecule has 0 aliphatic rings. The molecule has 3 N–H and O–H groups in total. The van der Waals surface area contributed by atoms with Crippen molar-refractivity contribution >= 4 is 99.9 Å². The third-order valence-electron chi connectivity index (χ3n) is 13.1. The molecule has 8 rings (SSSR count). The van der Waals surface area contributed by atoms with Crippen LogP contribution in [0.5, 0.6) is 0 Å². The van der Waals surface area contributed by atoms with Gasteiger partial charge in [-0.3, -0.25) is 29.0 Å². The van der Waals surface area contributed by atoms with Gasteiger partial charge in [0.05, 0.1) is 22.4 Å². The second-order valence-corrected chi connectivity index (χ2v) is 23.2. The van der Waals surface area contributed by atoms with E-state index >= 15 is 0 Å². The standard InChI is InChI=1S/C29H24BrClF3N3O2.C26H24ClF3N2O5S.C3H3BrN2/c1-17-13-20(28(3,29(32,33)34)37-12-11-26(30)36-37)14-18(2)23(17)16-25(38)19-7-6-8-21(15-19)35-27(39)22-9-4-5-10-24(22)31;1-15-11-18(25(3,26(28,29)30)37-38(4,35)36)12-16(2)21(15)14-22(33)17-7-5-8-19(13-17)32-24(34)20-9-6-10-31-23(20)27;4-3-1-2-5-6-3/h4-15H,16H2,1-3H3,(H,35,39);5-13H,14H2,1-4H3,(H,32,34);1-2H,(H,5,6). The van der Waals surface area contributed by atoms with E-state index in [9.17, 15) is 53.9 Å². The Morgan fingerprint density at radius 2 is 1.13 bits per heavy atom. The number of ketones is 2. The molecule has 25 heteroatoms. The normalized spacial score (nSPS) is 13.0. The zero-order valence-corrected chi connectivity index (χ0v) is 50.5. The lowest BCUT2D eigenvalue weighted by Gasteiger charge is -2.34. The van der Waals surface area contributed by atoms with Crippen LogP contribution in [-0.2, 0) is 38.3 Å². The number of aromatic nitrogens is 5. The summed E-state index contributed by atoms with van der Waals surface area (Å²) < 4.78 is 115. The predicted octanol–water partition coefficient (Wildman–Crippen LogP) is 14.9. The lowest BCUT2D eigenvalue weighted by molar-refractivity contribution is -0.246. The first-order valence-electron chi connectivity index (χ1n) is 24.6.